The molecular weight excluding hydrogens is 279 g/mol. The fourth-order valence-corrected chi connectivity index (χ4v) is 2.03. The van der Waals surface area contributed by atoms with Gasteiger partial charge in [-0.15, -0.1) is 0 Å². The van der Waals surface area contributed by atoms with Gasteiger partial charge >= 0.3 is 5.69 Å². The highest BCUT2D eigenvalue weighted by molar-refractivity contribution is 5.02. The Bertz CT molecular complexity index is 608. The van der Waals surface area contributed by atoms with Gasteiger partial charge in [0.15, 0.2) is 6.23 Å². The van der Waals surface area contributed by atoms with Gasteiger partial charge in [0, 0.05) is 0 Å². The quantitative estimate of drug-likeness (QED) is 0.391. The summed E-state index contributed by atoms with van der Waals surface area (Å²) in [7, 11) is 0. The van der Waals surface area contributed by atoms with Crippen molar-refractivity contribution in [3.63, 3.8) is 0 Å². The third-order valence-corrected chi connectivity index (χ3v) is 3.24. The van der Waals surface area contributed by atoms with Crippen LogP contribution in [0.3, 0.4) is 0 Å². The molecule has 112 valence electrons. The number of hydrogen-bond donors (Lipinski definition) is 5. The summed E-state index contributed by atoms with van der Waals surface area (Å²) in [6.45, 7) is -1.67. The molecule has 1 saturated heterocycles. The third kappa shape index (κ3) is 2.07. The van der Waals surface area contributed by atoms with E-state index < -0.39 is 54.3 Å². The molecular formula is C10H13FN2O7. The van der Waals surface area contributed by atoms with Crippen LogP contribution in [-0.2, 0) is 4.74 Å². The first-order valence-electron chi connectivity index (χ1n) is 5.63. The average Bonchev–Trinajstić information content (AvgIpc) is 2.68. The van der Waals surface area contributed by atoms with Gasteiger partial charge in [-0.05, 0) is 0 Å². The van der Waals surface area contributed by atoms with E-state index in [1.54, 1.807) is 4.98 Å². The summed E-state index contributed by atoms with van der Waals surface area (Å²) in [5, 5.41) is 37.9. The number of nitrogens with zero attached hydrogens (tertiary/aromatic N) is 1. The average molecular weight is 292 g/mol. The molecule has 1 aliphatic rings. The van der Waals surface area contributed by atoms with Crippen LogP contribution >= 0.6 is 0 Å². The number of aliphatic hydroxyl groups excluding tert-OH is 4. The van der Waals surface area contributed by atoms with Crippen molar-refractivity contribution < 1.29 is 29.6 Å². The number of aromatic amines is 1. The molecule has 2 rings (SSSR count). The molecule has 0 radical (unpaired) electrons. The van der Waals surface area contributed by atoms with Crippen LogP contribution in [0.4, 0.5) is 4.39 Å². The Hall–Kier alpha value is -1.59. The van der Waals surface area contributed by atoms with Crippen LogP contribution in [-0.4, -0.2) is 61.0 Å². The van der Waals surface area contributed by atoms with E-state index >= 15 is 0 Å². The zero-order chi connectivity index (χ0) is 15.1. The van der Waals surface area contributed by atoms with E-state index in [0.29, 0.717) is 10.8 Å². The van der Waals surface area contributed by atoms with Crippen LogP contribution in [0.25, 0.3) is 0 Å². The van der Waals surface area contributed by atoms with Crippen LogP contribution in [0.1, 0.15) is 6.23 Å². The molecule has 0 spiro atoms. The Morgan fingerprint density at radius 3 is 2.45 bits per heavy atom. The molecule has 3 atom stereocenters. The van der Waals surface area contributed by atoms with Gasteiger partial charge in [0.2, 0.25) is 5.82 Å². The van der Waals surface area contributed by atoms with Crippen molar-refractivity contribution >= 4 is 0 Å². The normalized spacial score (nSPS) is 28.8. The summed E-state index contributed by atoms with van der Waals surface area (Å²) in [5.74, 6) is -1.29. The Morgan fingerprint density at radius 1 is 1.35 bits per heavy atom. The molecule has 0 aromatic carbocycles. The maximum Gasteiger partial charge on any atom is 0.330 e. The van der Waals surface area contributed by atoms with E-state index in [2.05, 4.69) is 0 Å². The first kappa shape index (κ1) is 14.8. The first-order valence-corrected chi connectivity index (χ1v) is 5.63. The summed E-state index contributed by atoms with van der Waals surface area (Å²) in [5.41, 5.74) is -4.20. The molecule has 1 aliphatic heterocycles. The molecule has 2 heterocycles. The zero-order valence-electron chi connectivity index (χ0n) is 10.1. The molecule has 10 heteroatoms. The van der Waals surface area contributed by atoms with Crippen LogP contribution in [0.15, 0.2) is 15.8 Å². The van der Waals surface area contributed by atoms with Crippen molar-refractivity contribution in [3.8, 4) is 0 Å². The first-order chi connectivity index (χ1) is 9.36. The molecule has 1 aromatic heterocycles. The Morgan fingerprint density at radius 2 is 1.95 bits per heavy atom. The van der Waals surface area contributed by atoms with Gasteiger partial charge in [-0.25, -0.2) is 4.79 Å². The predicted octanol–water partition coefficient (Wildman–Crippen LogP) is -3.35. The van der Waals surface area contributed by atoms with Crippen molar-refractivity contribution in [2.45, 2.75) is 24.0 Å². The molecule has 1 aromatic rings. The van der Waals surface area contributed by atoms with E-state index in [1.165, 1.54) is 0 Å². The lowest BCUT2D eigenvalue weighted by atomic mass is 9.97. The van der Waals surface area contributed by atoms with E-state index in [0.717, 1.165) is 0 Å². The Balaban J connectivity index is 2.47. The fourth-order valence-electron chi connectivity index (χ4n) is 2.03. The van der Waals surface area contributed by atoms with Crippen molar-refractivity contribution in [1.82, 2.24) is 9.55 Å². The highest BCUT2D eigenvalue weighted by Crippen LogP contribution is 2.35. The maximum absolute atomic E-state index is 13.2. The summed E-state index contributed by atoms with van der Waals surface area (Å²) < 4.78 is 18.8. The number of hydrogen-bond acceptors (Lipinski definition) is 7. The topological polar surface area (TPSA) is 145 Å². The largest absolute Gasteiger partial charge is 0.393 e. The van der Waals surface area contributed by atoms with Crippen LogP contribution in [0.2, 0.25) is 0 Å². The van der Waals surface area contributed by atoms with Crippen molar-refractivity contribution in [3.05, 3.63) is 32.9 Å². The van der Waals surface area contributed by atoms with Crippen molar-refractivity contribution in [2.24, 2.45) is 0 Å². The number of aliphatic hydroxyl groups is 4. The second-order valence-electron chi connectivity index (χ2n) is 4.47. The highest BCUT2D eigenvalue weighted by atomic mass is 19.1. The second-order valence-corrected chi connectivity index (χ2v) is 4.47. The Labute approximate surface area is 110 Å². The minimum absolute atomic E-state index is 0.507. The summed E-state index contributed by atoms with van der Waals surface area (Å²) >= 11 is 0. The van der Waals surface area contributed by atoms with Gasteiger partial charge in [0.25, 0.3) is 5.56 Å². The third-order valence-electron chi connectivity index (χ3n) is 3.24. The van der Waals surface area contributed by atoms with Crippen LogP contribution < -0.4 is 11.2 Å². The minimum Gasteiger partial charge on any atom is -0.393 e. The number of H-pyrrole nitrogens is 1. The van der Waals surface area contributed by atoms with Gasteiger partial charge in [-0.2, -0.15) is 4.39 Å². The molecule has 2 unspecified atom stereocenters. The monoisotopic (exact) mass is 292 g/mol. The van der Waals surface area contributed by atoms with Gasteiger partial charge in [-0.1, -0.05) is 0 Å². The molecule has 5 N–H and O–H groups in total. The second kappa shape index (κ2) is 5.07. The standard InChI is InChI=1S/C10H13FN2O7/c11-4-1-13(9(19)12-7(4)18)8-5(16)6(17)10(2-14,3-15)20-8/h1,5-6,8,14-17H,2-3H2,(H,12,18,19)/t5?,6?,8-/m0/s1. The van der Waals surface area contributed by atoms with Gasteiger partial charge in [-0.3, -0.25) is 14.3 Å². The zero-order valence-corrected chi connectivity index (χ0v) is 10.1. The summed E-state index contributed by atoms with van der Waals surface area (Å²) in [4.78, 5) is 24.1. The molecule has 20 heavy (non-hydrogen) atoms. The maximum atomic E-state index is 13.2. The van der Waals surface area contributed by atoms with Crippen molar-refractivity contribution in [2.75, 3.05) is 13.2 Å². The lowest BCUT2D eigenvalue weighted by Crippen LogP contribution is -2.49. The predicted molar refractivity (Wildman–Crippen MR) is 60.3 cm³/mol. The molecule has 9 nitrogen and oxygen atoms in total. The van der Waals surface area contributed by atoms with Gasteiger partial charge in [0.1, 0.15) is 17.8 Å². The number of rotatable bonds is 3. The molecule has 0 saturated carbocycles. The van der Waals surface area contributed by atoms with Crippen LogP contribution in [0.5, 0.6) is 0 Å². The number of ether oxygens (including phenoxy) is 1. The fraction of sp³-hybridized carbons (Fsp3) is 0.600. The highest BCUT2D eigenvalue weighted by Gasteiger charge is 2.54. The van der Waals surface area contributed by atoms with Crippen LogP contribution in [0, 0.1) is 5.82 Å². The number of halogens is 1. The number of nitrogens with one attached hydrogen (secondary N) is 1. The molecule has 0 aliphatic carbocycles. The molecule has 0 amide bonds. The molecule has 0 bridgehead atoms. The Kier molecular flexibility index (Phi) is 3.75. The van der Waals surface area contributed by atoms with Gasteiger partial charge < -0.3 is 25.2 Å². The number of aromatic nitrogens is 2. The molecule has 1 fully saturated rings. The summed E-state index contributed by atoms with van der Waals surface area (Å²) in [6, 6.07) is 0. The minimum atomic E-state index is -1.89. The van der Waals surface area contributed by atoms with Crippen molar-refractivity contribution in [1.29, 1.82) is 0 Å². The van der Waals surface area contributed by atoms with E-state index in [-0.39, 0.29) is 0 Å². The SMILES string of the molecule is O=c1[nH]c(=O)n([C@H]2OC(CO)(CO)C(O)C2O)cc1F. The van der Waals surface area contributed by atoms with E-state index in [1.807, 2.05) is 0 Å². The lowest BCUT2D eigenvalue weighted by Gasteiger charge is -2.27. The summed E-state index contributed by atoms with van der Waals surface area (Å²) in [6.07, 6.45) is -4.48. The lowest BCUT2D eigenvalue weighted by molar-refractivity contribution is -0.150. The van der Waals surface area contributed by atoms with Gasteiger partial charge in [0.05, 0.1) is 19.4 Å². The smallest absolute Gasteiger partial charge is 0.330 e. The van der Waals surface area contributed by atoms with E-state index in [9.17, 15) is 24.2 Å². The van der Waals surface area contributed by atoms with E-state index in [4.69, 9.17) is 14.9 Å².